The standard InChI is InChI=1S/C34H43FN2O4/c1-5-37(23(2)24-11-13-32(30(35)20-24)41-17-16-36-14-6-7-15-36)31-22-34(40-4)33(39-3)21-29(31)27-9-8-26-19-28(38)12-10-25(26)18-27/h10-13,19-23,27,38H,5-9,14-18H2,1-4H3/t23?,27-/m1/s1. The first-order valence-corrected chi connectivity index (χ1v) is 14.9. The van der Waals surface area contributed by atoms with Crippen molar-refractivity contribution in [2.75, 3.05) is 51.9 Å². The van der Waals surface area contributed by atoms with Crippen molar-refractivity contribution in [3.05, 3.63) is 76.6 Å². The van der Waals surface area contributed by atoms with Gasteiger partial charge in [-0.3, -0.25) is 4.90 Å². The van der Waals surface area contributed by atoms with Crippen molar-refractivity contribution in [3.63, 3.8) is 0 Å². The molecule has 0 saturated carbocycles. The number of halogens is 1. The zero-order chi connectivity index (χ0) is 28.9. The van der Waals surface area contributed by atoms with Gasteiger partial charge >= 0.3 is 0 Å². The van der Waals surface area contributed by atoms with E-state index in [-0.39, 0.29) is 17.8 Å². The van der Waals surface area contributed by atoms with Crippen LogP contribution in [0.1, 0.15) is 67.3 Å². The van der Waals surface area contributed by atoms with Gasteiger partial charge < -0.3 is 24.2 Å². The van der Waals surface area contributed by atoms with Crippen LogP contribution in [0.2, 0.25) is 0 Å². The van der Waals surface area contributed by atoms with Gasteiger partial charge in [0.1, 0.15) is 12.4 Å². The normalized spacial score (nSPS) is 17.6. The van der Waals surface area contributed by atoms with Crippen LogP contribution >= 0.6 is 0 Å². The summed E-state index contributed by atoms with van der Waals surface area (Å²) in [6.07, 6.45) is 5.20. The fourth-order valence-electron chi connectivity index (χ4n) is 6.48. The molecule has 1 N–H and O–H groups in total. The lowest BCUT2D eigenvalue weighted by Gasteiger charge is -2.36. The molecule has 0 spiro atoms. The Morgan fingerprint density at radius 2 is 1.73 bits per heavy atom. The number of likely N-dealkylation sites (tertiary alicyclic amines) is 1. The highest BCUT2D eigenvalue weighted by molar-refractivity contribution is 5.65. The minimum absolute atomic E-state index is 0.0853. The smallest absolute Gasteiger partial charge is 0.165 e. The molecule has 3 aromatic carbocycles. The third kappa shape index (κ3) is 6.40. The highest BCUT2D eigenvalue weighted by atomic mass is 19.1. The van der Waals surface area contributed by atoms with Gasteiger partial charge in [0.15, 0.2) is 23.1 Å². The van der Waals surface area contributed by atoms with E-state index in [1.807, 2.05) is 18.2 Å². The van der Waals surface area contributed by atoms with E-state index in [1.54, 1.807) is 32.4 Å². The number of phenols is 1. The van der Waals surface area contributed by atoms with Crippen LogP contribution in [0.25, 0.3) is 0 Å². The first-order chi connectivity index (χ1) is 19.9. The molecule has 7 heteroatoms. The van der Waals surface area contributed by atoms with Crippen LogP contribution in [0.4, 0.5) is 10.1 Å². The van der Waals surface area contributed by atoms with Gasteiger partial charge in [-0.25, -0.2) is 4.39 Å². The molecule has 0 aromatic heterocycles. The number of aryl methyl sites for hydroxylation is 1. The molecule has 41 heavy (non-hydrogen) atoms. The van der Waals surface area contributed by atoms with Crippen molar-refractivity contribution in [2.24, 2.45) is 0 Å². The Balaban J connectivity index is 1.41. The maximum atomic E-state index is 15.2. The van der Waals surface area contributed by atoms with E-state index in [0.29, 0.717) is 29.6 Å². The predicted molar refractivity (Wildman–Crippen MR) is 161 cm³/mol. The van der Waals surface area contributed by atoms with Gasteiger partial charge in [-0.1, -0.05) is 12.1 Å². The molecule has 1 aliphatic heterocycles. The summed E-state index contributed by atoms with van der Waals surface area (Å²) in [5.41, 5.74) is 5.62. The second-order valence-electron chi connectivity index (χ2n) is 11.2. The van der Waals surface area contributed by atoms with E-state index >= 15 is 4.39 Å². The number of hydrogen-bond acceptors (Lipinski definition) is 6. The molecule has 2 aliphatic rings. The number of ether oxygens (including phenoxy) is 3. The summed E-state index contributed by atoms with van der Waals surface area (Å²) in [6.45, 7) is 8.50. The molecule has 2 atom stereocenters. The lowest BCUT2D eigenvalue weighted by molar-refractivity contribution is 0.231. The summed E-state index contributed by atoms with van der Waals surface area (Å²) in [6, 6.07) is 15.1. The molecule has 1 heterocycles. The lowest BCUT2D eigenvalue weighted by Crippen LogP contribution is -2.29. The van der Waals surface area contributed by atoms with Gasteiger partial charge in [0, 0.05) is 24.8 Å². The van der Waals surface area contributed by atoms with Gasteiger partial charge in [0.25, 0.3) is 0 Å². The van der Waals surface area contributed by atoms with E-state index < -0.39 is 0 Å². The largest absolute Gasteiger partial charge is 0.508 e. The topological polar surface area (TPSA) is 54.4 Å². The SMILES string of the molecule is CCN(c1cc(OC)c(OC)cc1[C@@H]1CCc2cc(O)ccc2C1)C(C)c1ccc(OCCN2CCCC2)c(F)c1. The molecule has 3 aromatic rings. The molecule has 5 rings (SSSR count). The van der Waals surface area contributed by atoms with Crippen molar-refractivity contribution < 1.29 is 23.7 Å². The summed E-state index contributed by atoms with van der Waals surface area (Å²) in [7, 11) is 3.32. The number of hydrogen-bond donors (Lipinski definition) is 1. The quantitative estimate of drug-likeness (QED) is 0.275. The Hall–Kier alpha value is -3.45. The second-order valence-corrected chi connectivity index (χ2v) is 11.2. The maximum absolute atomic E-state index is 15.2. The average molecular weight is 563 g/mol. The molecular formula is C34H43FN2O4. The number of phenolic OH excluding ortho intramolecular Hbond substituents is 1. The summed E-state index contributed by atoms with van der Waals surface area (Å²) >= 11 is 0. The number of rotatable bonds is 11. The van der Waals surface area contributed by atoms with Crippen molar-refractivity contribution in [1.82, 2.24) is 4.90 Å². The lowest BCUT2D eigenvalue weighted by atomic mass is 9.79. The minimum atomic E-state index is -0.327. The molecule has 0 amide bonds. The maximum Gasteiger partial charge on any atom is 0.165 e. The van der Waals surface area contributed by atoms with E-state index in [2.05, 4.69) is 35.8 Å². The Morgan fingerprint density at radius 1 is 0.976 bits per heavy atom. The van der Waals surface area contributed by atoms with Crippen LogP contribution in [0.3, 0.4) is 0 Å². The van der Waals surface area contributed by atoms with Crippen molar-refractivity contribution in [2.45, 2.75) is 57.9 Å². The van der Waals surface area contributed by atoms with Crippen LogP contribution in [-0.4, -0.2) is 57.0 Å². The van der Waals surface area contributed by atoms with Crippen molar-refractivity contribution in [1.29, 1.82) is 0 Å². The fourth-order valence-corrected chi connectivity index (χ4v) is 6.48. The highest BCUT2D eigenvalue weighted by Crippen LogP contribution is 2.45. The molecule has 1 saturated heterocycles. The Morgan fingerprint density at radius 3 is 2.44 bits per heavy atom. The van der Waals surface area contributed by atoms with E-state index in [4.69, 9.17) is 14.2 Å². The van der Waals surface area contributed by atoms with E-state index in [0.717, 1.165) is 56.7 Å². The summed E-state index contributed by atoms with van der Waals surface area (Å²) in [5.74, 6) is 1.94. The first kappa shape index (κ1) is 29.1. The molecule has 0 bridgehead atoms. The first-order valence-electron chi connectivity index (χ1n) is 14.9. The predicted octanol–water partition coefficient (Wildman–Crippen LogP) is 6.88. The van der Waals surface area contributed by atoms with Crippen LogP contribution in [0, 0.1) is 5.82 Å². The molecule has 6 nitrogen and oxygen atoms in total. The number of aromatic hydroxyl groups is 1. The summed E-state index contributed by atoms with van der Waals surface area (Å²) < 4.78 is 32.5. The average Bonchev–Trinajstić information content (AvgIpc) is 3.51. The van der Waals surface area contributed by atoms with Crippen LogP contribution in [0.5, 0.6) is 23.0 Å². The minimum Gasteiger partial charge on any atom is -0.508 e. The number of methoxy groups -OCH3 is 2. The molecule has 1 fully saturated rings. The monoisotopic (exact) mass is 562 g/mol. The number of anilines is 1. The van der Waals surface area contributed by atoms with Crippen LogP contribution in [-0.2, 0) is 12.8 Å². The Labute approximate surface area is 243 Å². The number of fused-ring (bicyclic) bond motifs is 1. The van der Waals surface area contributed by atoms with Gasteiger partial charge in [0.05, 0.1) is 20.3 Å². The van der Waals surface area contributed by atoms with Gasteiger partial charge in [-0.05, 0) is 118 Å². The Bertz CT molecular complexity index is 1340. The second kappa shape index (κ2) is 13.0. The Kier molecular flexibility index (Phi) is 9.23. The summed E-state index contributed by atoms with van der Waals surface area (Å²) in [4.78, 5) is 4.68. The number of benzene rings is 3. The van der Waals surface area contributed by atoms with Gasteiger partial charge in [-0.15, -0.1) is 0 Å². The molecule has 1 unspecified atom stereocenters. The van der Waals surface area contributed by atoms with Gasteiger partial charge in [0.2, 0.25) is 0 Å². The van der Waals surface area contributed by atoms with Crippen molar-refractivity contribution >= 4 is 5.69 Å². The highest BCUT2D eigenvalue weighted by Gasteiger charge is 2.28. The zero-order valence-electron chi connectivity index (χ0n) is 24.8. The third-order valence-electron chi connectivity index (χ3n) is 8.81. The third-order valence-corrected chi connectivity index (χ3v) is 8.81. The van der Waals surface area contributed by atoms with Crippen LogP contribution in [0.15, 0.2) is 48.5 Å². The fraction of sp³-hybridized carbons (Fsp3) is 0.471. The van der Waals surface area contributed by atoms with E-state index in [1.165, 1.54) is 29.5 Å². The molecular weight excluding hydrogens is 519 g/mol. The van der Waals surface area contributed by atoms with Gasteiger partial charge in [-0.2, -0.15) is 0 Å². The van der Waals surface area contributed by atoms with Crippen molar-refractivity contribution in [3.8, 4) is 23.0 Å². The molecule has 1 aliphatic carbocycles. The zero-order valence-corrected chi connectivity index (χ0v) is 24.8. The van der Waals surface area contributed by atoms with E-state index in [9.17, 15) is 5.11 Å². The summed E-state index contributed by atoms with van der Waals surface area (Å²) in [5, 5.41) is 9.97. The molecule has 0 radical (unpaired) electrons. The number of nitrogens with zero attached hydrogens (tertiary/aromatic N) is 2. The van der Waals surface area contributed by atoms with Crippen LogP contribution < -0.4 is 19.1 Å². The molecule has 220 valence electrons.